The van der Waals surface area contributed by atoms with Crippen molar-refractivity contribution in [2.45, 2.75) is 32.4 Å². The molecule has 1 aromatic rings. The maximum Gasteiger partial charge on any atom is 0.223 e. The number of nitrogens with one attached hydrogen (secondary N) is 1. The lowest BCUT2D eigenvalue weighted by molar-refractivity contribution is -0.122. The predicted octanol–water partition coefficient (Wildman–Crippen LogP) is 2.21. The van der Waals surface area contributed by atoms with Gasteiger partial charge in [0.15, 0.2) is 11.5 Å². The lowest BCUT2D eigenvalue weighted by Gasteiger charge is -2.16. The van der Waals surface area contributed by atoms with Crippen LogP contribution in [0.25, 0.3) is 0 Å². The molecule has 0 saturated heterocycles. The zero-order chi connectivity index (χ0) is 15.4. The molecule has 1 amide bonds. The minimum atomic E-state index is -0.379. The summed E-state index contributed by atoms with van der Waals surface area (Å²) in [4.78, 5) is 11.1. The third-order valence-corrected chi connectivity index (χ3v) is 4.01. The van der Waals surface area contributed by atoms with Crippen molar-refractivity contribution in [1.82, 2.24) is 5.32 Å². The number of rotatable bonds is 8. The molecule has 0 radical (unpaired) electrons. The number of carbonyl (C=O) groups is 1. The third-order valence-electron chi connectivity index (χ3n) is 3.42. The number of primary amides is 1. The summed E-state index contributed by atoms with van der Waals surface area (Å²) in [6.45, 7) is 2.76. The Morgan fingerprint density at radius 3 is 2.81 bits per heavy atom. The molecule has 1 atom stereocenters. The molecule has 116 valence electrons. The third kappa shape index (κ3) is 4.61. The number of carbonyl (C=O) groups excluding carboxylic acids is 1. The highest BCUT2D eigenvalue weighted by molar-refractivity contribution is 9.10. The Kier molecular flexibility index (Phi) is 5.47. The zero-order valence-corrected chi connectivity index (χ0v) is 13.9. The fraction of sp³-hybridized carbons (Fsp3) is 0.533. The van der Waals surface area contributed by atoms with Crippen LogP contribution in [0.15, 0.2) is 16.6 Å². The van der Waals surface area contributed by atoms with E-state index in [2.05, 4.69) is 21.2 Å². The number of halogens is 1. The van der Waals surface area contributed by atoms with Crippen molar-refractivity contribution in [2.24, 2.45) is 11.7 Å². The molecule has 1 aliphatic carbocycles. The van der Waals surface area contributed by atoms with Crippen molar-refractivity contribution in [3.05, 3.63) is 22.2 Å². The van der Waals surface area contributed by atoms with Crippen LogP contribution >= 0.6 is 15.9 Å². The van der Waals surface area contributed by atoms with Crippen LogP contribution in [0, 0.1) is 5.92 Å². The Morgan fingerprint density at radius 1 is 1.52 bits per heavy atom. The number of amides is 1. The van der Waals surface area contributed by atoms with Crippen LogP contribution in [-0.4, -0.2) is 25.7 Å². The molecule has 3 N–H and O–H groups in total. The van der Waals surface area contributed by atoms with Gasteiger partial charge in [-0.05, 0) is 46.5 Å². The summed E-state index contributed by atoms with van der Waals surface area (Å²) in [6, 6.07) is 4.61. The average molecular weight is 357 g/mol. The molecular weight excluding hydrogens is 336 g/mol. The summed E-state index contributed by atoms with van der Waals surface area (Å²) < 4.78 is 11.9. The predicted molar refractivity (Wildman–Crippen MR) is 84.4 cm³/mol. The van der Waals surface area contributed by atoms with E-state index >= 15 is 0 Å². The van der Waals surface area contributed by atoms with Crippen LogP contribution in [0.4, 0.5) is 0 Å². The number of ether oxygens (including phenoxy) is 2. The molecule has 0 bridgehead atoms. The first-order valence-corrected chi connectivity index (χ1v) is 7.82. The van der Waals surface area contributed by atoms with E-state index < -0.39 is 0 Å². The molecule has 0 aromatic heterocycles. The fourth-order valence-electron chi connectivity index (χ4n) is 1.86. The van der Waals surface area contributed by atoms with Crippen LogP contribution in [0.2, 0.25) is 0 Å². The van der Waals surface area contributed by atoms with Crippen LogP contribution in [0.3, 0.4) is 0 Å². The highest BCUT2D eigenvalue weighted by Crippen LogP contribution is 2.37. The van der Waals surface area contributed by atoms with Gasteiger partial charge in [0.2, 0.25) is 5.91 Å². The maximum absolute atomic E-state index is 11.1. The van der Waals surface area contributed by atoms with Gasteiger partial charge < -0.3 is 20.5 Å². The molecule has 2 rings (SSSR count). The number of methoxy groups -OCH3 is 1. The summed E-state index contributed by atoms with van der Waals surface area (Å²) in [6.07, 6.45) is 2.51. The summed E-state index contributed by atoms with van der Waals surface area (Å²) >= 11 is 3.50. The fourth-order valence-corrected chi connectivity index (χ4v) is 2.46. The quantitative estimate of drug-likeness (QED) is 0.748. The van der Waals surface area contributed by atoms with E-state index in [0.717, 1.165) is 16.6 Å². The monoisotopic (exact) mass is 356 g/mol. The van der Waals surface area contributed by atoms with Gasteiger partial charge in [-0.3, -0.25) is 4.79 Å². The minimum absolute atomic E-state index is 0.226. The molecule has 1 unspecified atom stereocenters. The van der Waals surface area contributed by atoms with Gasteiger partial charge in [0.25, 0.3) is 0 Å². The van der Waals surface area contributed by atoms with E-state index in [4.69, 9.17) is 15.2 Å². The molecule has 5 nitrogen and oxygen atoms in total. The van der Waals surface area contributed by atoms with Crippen molar-refractivity contribution >= 4 is 21.8 Å². The van der Waals surface area contributed by atoms with Crippen molar-refractivity contribution < 1.29 is 14.3 Å². The van der Waals surface area contributed by atoms with Gasteiger partial charge in [0.05, 0.1) is 24.1 Å². The summed E-state index contributed by atoms with van der Waals surface area (Å²) in [7, 11) is 1.60. The molecule has 0 aliphatic heterocycles. The van der Waals surface area contributed by atoms with Crippen molar-refractivity contribution in [1.29, 1.82) is 0 Å². The van der Waals surface area contributed by atoms with Gasteiger partial charge in [0.1, 0.15) is 0 Å². The summed E-state index contributed by atoms with van der Waals surface area (Å²) in [5.74, 6) is 0.516. The standard InChI is InChI=1S/C15H21BrN2O3/c1-9(15(17)19)8-21-14-12(16)5-10(6-13(14)20-2)7-18-11-3-4-11/h5-6,9,11,18H,3-4,7-8H2,1-2H3,(H2,17,19). The summed E-state index contributed by atoms with van der Waals surface area (Å²) in [5.41, 5.74) is 6.36. The molecule has 1 aromatic carbocycles. The van der Waals surface area contributed by atoms with Crippen LogP contribution in [-0.2, 0) is 11.3 Å². The first-order valence-electron chi connectivity index (χ1n) is 7.03. The highest BCUT2D eigenvalue weighted by Gasteiger charge is 2.21. The Morgan fingerprint density at radius 2 is 2.24 bits per heavy atom. The lowest BCUT2D eigenvalue weighted by atomic mass is 10.2. The topological polar surface area (TPSA) is 73.6 Å². The van der Waals surface area contributed by atoms with Crippen molar-refractivity contribution in [3.8, 4) is 11.5 Å². The smallest absolute Gasteiger partial charge is 0.223 e. The number of hydrogen-bond acceptors (Lipinski definition) is 4. The largest absolute Gasteiger partial charge is 0.493 e. The molecule has 6 heteroatoms. The van der Waals surface area contributed by atoms with Crippen LogP contribution < -0.4 is 20.5 Å². The van der Waals surface area contributed by atoms with Crippen molar-refractivity contribution in [2.75, 3.05) is 13.7 Å². The number of hydrogen-bond donors (Lipinski definition) is 2. The normalized spacial score (nSPS) is 15.6. The van der Waals surface area contributed by atoms with Crippen LogP contribution in [0.1, 0.15) is 25.3 Å². The second kappa shape index (κ2) is 7.13. The Balaban J connectivity index is 2.06. The minimum Gasteiger partial charge on any atom is -0.493 e. The molecule has 0 spiro atoms. The molecule has 1 fully saturated rings. The van der Waals surface area contributed by atoms with E-state index in [1.165, 1.54) is 12.8 Å². The van der Waals surface area contributed by atoms with Gasteiger partial charge in [-0.2, -0.15) is 0 Å². The van der Waals surface area contributed by atoms with Crippen molar-refractivity contribution in [3.63, 3.8) is 0 Å². The van der Waals surface area contributed by atoms with Gasteiger partial charge in [-0.1, -0.05) is 6.92 Å². The van der Waals surface area contributed by atoms with Gasteiger partial charge >= 0.3 is 0 Å². The van der Waals surface area contributed by atoms with E-state index in [1.807, 2.05) is 12.1 Å². The average Bonchev–Trinajstić information content (AvgIpc) is 3.27. The van der Waals surface area contributed by atoms with Gasteiger partial charge in [-0.15, -0.1) is 0 Å². The molecule has 0 heterocycles. The van der Waals surface area contributed by atoms with Crippen LogP contribution in [0.5, 0.6) is 11.5 Å². The Labute approximate surface area is 133 Å². The van der Waals surface area contributed by atoms with E-state index in [9.17, 15) is 4.79 Å². The number of nitrogens with two attached hydrogens (primary N) is 1. The first-order chi connectivity index (χ1) is 10.0. The highest BCUT2D eigenvalue weighted by atomic mass is 79.9. The van der Waals surface area contributed by atoms with Gasteiger partial charge in [-0.25, -0.2) is 0 Å². The molecular formula is C15H21BrN2O3. The summed E-state index contributed by atoms with van der Waals surface area (Å²) in [5, 5.41) is 3.46. The molecule has 1 saturated carbocycles. The first kappa shape index (κ1) is 16.1. The van der Waals surface area contributed by atoms with E-state index in [1.54, 1.807) is 14.0 Å². The second-order valence-electron chi connectivity index (χ2n) is 5.38. The second-order valence-corrected chi connectivity index (χ2v) is 6.23. The molecule has 21 heavy (non-hydrogen) atoms. The SMILES string of the molecule is COc1cc(CNC2CC2)cc(Br)c1OCC(C)C(N)=O. The zero-order valence-electron chi connectivity index (χ0n) is 12.3. The Bertz CT molecular complexity index is 518. The van der Waals surface area contributed by atoms with E-state index in [0.29, 0.717) is 17.5 Å². The van der Waals surface area contributed by atoms with Gasteiger partial charge in [0, 0.05) is 12.6 Å². The maximum atomic E-state index is 11.1. The van der Waals surface area contributed by atoms with E-state index in [-0.39, 0.29) is 18.4 Å². The lowest BCUT2D eigenvalue weighted by Crippen LogP contribution is -2.26. The Hall–Kier alpha value is -1.27. The molecule has 1 aliphatic rings. The number of benzene rings is 1.